The number of nitrogens with one attached hydrogen (secondary N) is 2. The van der Waals surface area contributed by atoms with Crippen LogP contribution in [0.1, 0.15) is 5.56 Å². The summed E-state index contributed by atoms with van der Waals surface area (Å²) in [5.74, 6) is 0. The monoisotopic (exact) mass is 329 g/mol. The summed E-state index contributed by atoms with van der Waals surface area (Å²) < 4.78 is 0.997. The molecule has 0 radical (unpaired) electrons. The quantitative estimate of drug-likeness (QED) is 0.629. The lowest BCUT2D eigenvalue weighted by atomic mass is 10.1. The largest absolute Gasteiger partial charge is 0.399 e. The van der Waals surface area contributed by atoms with Gasteiger partial charge in [-0.15, -0.1) is 0 Å². The Labute approximate surface area is 126 Å². The van der Waals surface area contributed by atoms with E-state index in [4.69, 9.17) is 5.73 Å². The first-order valence-corrected chi connectivity index (χ1v) is 7.37. The number of fused-ring (bicyclic) bond motifs is 1. The molecule has 4 heteroatoms. The van der Waals surface area contributed by atoms with Crippen LogP contribution in [0.25, 0.3) is 10.9 Å². The fraction of sp³-hybridized carbons (Fsp3) is 0.125. The van der Waals surface area contributed by atoms with Crippen LogP contribution in [0, 0.1) is 0 Å². The summed E-state index contributed by atoms with van der Waals surface area (Å²) in [4.78, 5) is 3.30. The molecular formula is C16H16BrN3. The molecule has 4 N–H and O–H groups in total. The Morgan fingerprint density at radius 1 is 1.15 bits per heavy atom. The first-order chi connectivity index (χ1) is 9.74. The van der Waals surface area contributed by atoms with Crippen LogP contribution in [0.2, 0.25) is 0 Å². The maximum Gasteiger partial charge on any atom is 0.0486 e. The highest BCUT2D eigenvalue weighted by atomic mass is 79.9. The molecule has 3 nitrogen and oxygen atoms in total. The van der Waals surface area contributed by atoms with Crippen molar-refractivity contribution in [3.05, 3.63) is 58.7 Å². The molecule has 20 heavy (non-hydrogen) atoms. The van der Waals surface area contributed by atoms with Gasteiger partial charge in [-0.05, 0) is 52.2 Å². The smallest absolute Gasteiger partial charge is 0.0486 e. The molecule has 2 aromatic carbocycles. The van der Waals surface area contributed by atoms with E-state index in [0.29, 0.717) is 0 Å². The van der Waals surface area contributed by atoms with E-state index in [1.807, 2.05) is 24.3 Å². The molecule has 3 aromatic rings. The van der Waals surface area contributed by atoms with Crippen molar-refractivity contribution in [2.75, 3.05) is 17.6 Å². The molecule has 0 aliphatic rings. The Balaban J connectivity index is 1.68. The van der Waals surface area contributed by atoms with Crippen LogP contribution in [0.4, 0.5) is 11.4 Å². The summed E-state index contributed by atoms with van der Waals surface area (Å²) in [5.41, 5.74) is 10.1. The third kappa shape index (κ3) is 2.65. The van der Waals surface area contributed by atoms with Gasteiger partial charge in [-0.1, -0.05) is 18.2 Å². The van der Waals surface area contributed by atoms with Crippen molar-refractivity contribution in [3.63, 3.8) is 0 Å². The molecule has 1 heterocycles. The number of benzene rings is 2. The first-order valence-electron chi connectivity index (χ1n) is 6.58. The molecular weight excluding hydrogens is 314 g/mol. The molecule has 0 saturated heterocycles. The van der Waals surface area contributed by atoms with Gasteiger partial charge in [0.1, 0.15) is 0 Å². The third-order valence-electron chi connectivity index (χ3n) is 3.38. The van der Waals surface area contributed by atoms with E-state index in [-0.39, 0.29) is 0 Å². The maximum absolute atomic E-state index is 5.73. The molecule has 0 spiro atoms. The van der Waals surface area contributed by atoms with Crippen LogP contribution in [0.3, 0.4) is 0 Å². The molecule has 0 saturated carbocycles. The summed E-state index contributed by atoms with van der Waals surface area (Å²) in [7, 11) is 0. The lowest BCUT2D eigenvalue weighted by Crippen LogP contribution is -2.05. The number of hydrogen-bond donors (Lipinski definition) is 3. The van der Waals surface area contributed by atoms with Gasteiger partial charge in [-0.25, -0.2) is 0 Å². The highest BCUT2D eigenvalue weighted by molar-refractivity contribution is 9.10. The van der Waals surface area contributed by atoms with Crippen molar-refractivity contribution < 1.29 is 0 Å². The number of nitrogen functional groups attached to an aromatic ring is 1. The average Bonchev–Trinajstić information content (AvgIpc) is 2.85. The minimum atomic E-state index is 0.763. The van der Waals surface area contributed by atoms with Gasteiger partial charge in [0.15, 0.2) is 0 Å². The van der Waals surface area contributed by atoms with Crippen molar-refractivity contribution in [1.29, 1.82) is 0 Å². The standard InChI is InChI=1S/C16H16BrN3/c17-14-9-12(18)5-6-16(14)19-8-7-11-10-20-15-4-2-1-3-13(11)15/h1-6,9-10,19-20H,7-8,18H2. The van der Waals surface area contributed by atoms with Gasteiger partial charge >= 0.3 is 0 Å². The molecule has 0 amide bonds. The number of H-pyrrole nitrogens is 1. The van der Waals surface area contributed by atoms with Crippen molar-refractivity contribution >= 4 is 38.2 Å². The Kier molecular flexibility index (Phi) is 3.65. The van der Waals surface area contributed by atoms with Crippen LogP contribution in [0.15, 0.2) is 53.1 Å². The zero-order valence-electron chi connectivity index (χ0n) is 11.0. The van der Waals surface area contributed by atoms with E-state index in [9.17, 15) is 0 Å². The number of halogens is 1. The molecule has 3 rings (SSSR count). The predicted molar refractivity (Wildman–Crippen MR) is 89.0 cm³/mol. The summed E-state index contributed by atoms with van der Waals surface area (Å²) in [5, 5.41) is 4.72. The van der Waals surface area contributed by atoms with Gasteiger partial charge in [0.25, 0.3) is 0 Å². The highest BCUT2D eigenvalue weighted by Crippen LogP contribution is 2.25. The molecule has 102 valence electrons. The van der Waals surface area contributed by atoms with E-state index in [2.05, 4.69) is 50.6 Å². The second-order valence-corrected chi connectivity index (χ2v) is 5.63. The lowest BCUT2D eigenvalue weighted by molar-refractivity contribution is 1.03. The zero-order valence-corrected chi connectivity index (χ0v) is 12.6. The second kappa shape index (κ2) is 5.59. The Morgan fingerprint density at radius 3 is 2.85 bits per heavy atom. The van der Waals surface area contributed by atoms with Crippen LogP contribution in [0.5, 0.6) is 0 Å². The Bertz CT molecular complexity index is 733. The van der Waals surface area contributed by atoms with Crippen molar-refractivity contribution in [2.24, 2.45) is 0 Å². The van der Waals surface area contributed by atoms with Gasteiger partial charge in [0, 0.05) is 39.5 Å². The van der Waals surface area contributed by atoms with Crippen LogP contribution < -0.4 is 11.1 Å². The fourth-order valence-electron chi connectivity index (χ4n) is 2.35. The van der Waals surface area contributed by atoms with E-state index in [1.54, 1.807) is 0 Å². The lowest BCUT2D eigenvalue weighted by Gasteiger charge is -2.08. The van der Waals surface area contributed by atoms with E-state index < -0.39 is 0 Å². The topological polar surface area (TPSA) is 53.8 Å². The average molecular weight is 330 g/mol. The normalized spacial score (nSPS) is 10.8. The molecule has 0 atom stereocenters. The number of nitrogens with two attached hydrogens (primary N) is 1. The summed E-state index contributed by atoms with van der Waals surface area (Å²) in [6.07, 6.45) is 3.06. The number of rotatable bonds is 4. The number of aromatic nitrogens is 1. The summed E-state index contributed by atoms with van der Waals surface area (Å²) >= 11 is 3.52. The molecule has 0 aliphatic carbocycles. The molecule has 0 bridgehead atoms. The van der Waals surface area contributed by atoms with Crippen molar-refractivity contribution in [1.82, 2.24) is 4.98 Å². The minimum absolute atomic E-state index is 0.763. The van der Waals surface area contributed by atoms with Gasteiger partial charge in [0.05, 0.1) is 0 Å². The summed E-state index contributed by atoms with van der Waals surface area (Å²) in [6.45, 7) is 0.879. The van der Waals surface area contributed by atoms with Crippen LogP contribution >= 0.6 is 15.9 Å². The maximum atomic E-state index is 5.73. The van der Waals surface area contributed by atoms with Gasteiger partial charge in [0.2, 0.25) is 0 Å². The summed E-state index contributed by atoms with van der Waals surface area (Å²) in [6, 6.07) is 14.2. The SMILES string of the molecule is Nc1ccc(NCCc2c[nH]c3ccccc23)c(Br)c1. The van der Waals surface area contributed by atoms with E-state index in [0.717, 1.165) is 28.8 Å². The predicted octanol–water partition coefficient (Wildman–Crippen LogP) is 4.17. The second-order valence-electron chi connectivity index (χ2n) is 4.78. The Morgan fingerprint density at radius 2 is 2.00 bits per heavy atom. The van der Waals surface area contributed by atoms with Crippen molar-refractivity contribution in [3.8, 4) is 0 Å². The number of aromatic amines is 1. The van der Waals surface area contributed by atoms with Gasteiger partial charge in [-0.2, -0.15) is 0 Å². The first kappa shape index (κ1) is 13.1. The molecule has 0 unspecified atom stereocenters. The van der Waals surface area contributed by atoms with Crippen LogP contribution in [-0.4, -0.2) is 11.5 Å². The highest BCUT2D eigenvalue weighted by Gasteiger charge is 2.03. The van der Waals surface area contributed by atoms with E-state index >= 15 is 0 Å². The Hall–Kier alpha value is -1.94. The van der Waals surface area contributed by atoms with E-state index in [1.165, 1.54) is 16.5 Å². The minimum Gasteiger partial charge on any atom is -0.399 e. The molecule has 0 aliphatic heterocycles. The number of anilines is 2. The zero-order chi connectivity index (χ0) is 13.9. The van der Waals surface area contributed by atoms with Crippen molar-refractivity contribution in [2.45, 2.75) is 6.42 Å². The molecule has 1 aromatic heterocycles. The number of para-hydroxylation sites is 1. The van der Waals surface area contributed by atoms with Gasteiger partial charge < -0.3 is 16.0 Å². The third-order valence-corrected chi connectivity index (χ3v) is 4.03. The number of hydrogen-bond acceptors (Lipinski definition) is 2. The fourth-order valence-corrected chi connectivity index (χ4v) is 2.88. The van der Waals surface area contributed by atoms with Crippen LogP contribution in [-0.2, 0) is 6.42 Å². The van der Waals surface area contributed by atoms with Gasteiger partial charge in [-0.3, -0.25) is 0 Å². The molecule has 0 fully saturated rings.